The van der Waals surface area contributed by atoms with Crippen LogP contribution < -0.4 is 5.32 Å². The third-order valence-electron chi connectivity index (χ3n) is 6.92. The molecular formula is C35H24N4O4. The molecule has 208 valence electrons. The molecule has 5 aromatic rings. The van der Waals surface area contributed by atoms with Crippen LogP contribution in [-0.2, 0) is 17.9 Å². The van der Waals surface area contributed by atoms with Crippen LogP contribution in [0.15, 0.2) is 115 Å². The summed E-state index contributed by atoms with van der Waals surface area (Å²) < 4.78 is 5.54. The van der Waals surface area contributed by atoms with E-state index in [0.717, 1.165) is 33.4 Å². The molecule has 0 aromatic heterocycles. The first-order valence-corrected chi connectivity index (χ1v) is 13.3. The molecule has 5 rings (SSSR count). The van der Waals surface area contributed by atoms with E-state index in [9.17, 15) is 25.4 Å². The number of hydrogen-bond acceptors (Lipinski definition) is 7. The second kappa shape index (κ2) is 12.9. The number of nitrogens with zero attached hydrogens (tertiary/aromatic N) is 3. The average Bonchev–Trinajstić information content (AvgIpc) is 3.06. The number of rotatable bonds is 9. The summed E-state index contributed by atoms with van der Waals surface area (Å²) in [7, 11) is 0. The number of nitrogens with one attached hydrogen (secondary N) is 1. The number of benzene rings is 5. The van der Waals surface area contributed by atoms with Crippen LogP contribution in [0, 0.1) is 32.8 Å². The van der Waals surface area contributed by atoms with Gasteiger partial charge in [0.25, 0.3) is 5.69 Å². The van der Waals surface area contributed by atoms with Crippen LogP contribution in [-0.4, -0.2) is 10.9 Å². The maximum atomic E-state index is 13.1. The maximum Gasteiger partial charge on any atom is 0.340 e. The number of para-hydroxylation sites is 1. The number of esters is 1. The van der Waals surface area contributed by atoms with Crippen molar-refractivity contribution in [2.45, 2.75) is 13.2 Å². The van der Waals surface area contributed by atoms with Gasteiger partial charge in [0.1, 0.15) is 12.3 Å². The molecule has 8 heteroatoms. The normalized spacial score (nSPS) is 10.3. The van der Waals surface area contributed by atoms with Crippen LogP contribution in [0.4, 0.5) is 11.4 Å². The Morgan fingerprint density at radius 1 is 0.721 bits per heavy atom. The molecule has 43 heavy (non-hydrogen) atoms. The largest absolute Gasteiger partial charge is 0.457 e. The lowest BCUT2D eigenvalue weighted by Gasteiger charge is -2.13. The van der Waals surface area contributed by atoms with Gasteiger partial charge < -0.3 is 10.1 Å². The van der Waals surface area contributed by atoms with Crippen LogP contribution in [0.1, 0.15) is 32.6 Å². The van der Waals surface area contributed by atoms with Gasteiger partial charge >= 0.3 is 5.97 Å². The Balaban J connectivity index is 1.30. The summed E-state index contributed by atoms with van der Waals surface area (Å²) in [4.78, 5) is 24.4. The van der Waals surface area contributed by atoms with Gasteiger partial charge in [-0.1, -0.05) is 91.0 Å². The highest BCUT2D eigenvalue weighted by Crippen LogP contribution is 2.31. The molecule has 0 atom stereocenters. The summed E-state index contributed by atoms with van der Waals surface area (Å²) >= 11 is 0. The molecule has 0 spiro atoms. The predicted octanol–water partition coefficient (Wildman–Crippen LogP) is 7.64. The molecule has 8 nitrogen and oxygen atoms in total. The molecular weight excluding hydrogens is 540 g/mol. The Morgan fingerprint density at radius 3 is 1.79 bits per heavy atom. The molecule has 0 aliphatic heterocycles. The molecule has 0 saturated heterocycles. The molecule has 0 unspecified atom stereocenters. The highest BCUT2D eigenvalue weighted by atomic mass is 16.6. The Morgan fingerprint density at radius 2 is 1.26 bits per heavy atom. The number of nitro groups is 1. The van der Waals surface area contributed by atoms with Gasteiger partial charge in [-0.25, -0.2) is 4.79 Å². The summed E-state index contributed by atoms with van der Waals surface area (Å²) in [5, 5.41) is 33.6. The Kier molecular flexibility index (Phi) is 8.51. The maximum absolute atomic E-state index is 13.1. The van der Waals surface area contributed by atoms with Crippen LogP contribution in [0.5, 0.6) is 0 Å². The molecule has 0 bridgehead atoms. The van der Waals surface area contributed by atoms with Crippen molar-refractivity contribution >= 4 is 17.3 Å². The minimum atomic E-state index is -0.700. The first-order chi connectivity index (χ1) is 21.0. The van der Waals surface area contributed by atoms with Crippen molar-refractivity contribution in [3.63, 3.8) is 0 Å². The van der Waals surface area contributed by atoms with Gasteiger partial charge in [-0.05, 0) is 51.6 Å². The lowest BCUT2D eigenvalue weighted by atomic mass is 9.99. The Bertz CT molecular complexity index is 1890. The van der Waals surface area contributed by atoms with Crippen LogP contribution in [0.25, 0.3) is 22.3 Å². The van der Waals surface area contributed by atoms with Gasteiger partial charge in [-0.3, -0.25) is 10.1 Å². The fourth-order valence-electron chi connectivity index (χ4n) is 4.71. The number of carbonyl (C=O) groups is 1. The monoisotopic (exact) mass is 564 g/mol. The van der Waals surface area contributed by atoms with E-state index in [-0.39, 0.29) is 30.1 Å². The molecule has 0 saturated carbocycles. The van der Waals surface area contributed by atoms with Gasteiger partial charge in [0, 0.05) is 12.6 Å². The zero-order valence-corrected chi connectivity index (χ0v) is 22.9. The number of nitriles is 2. The number of anilines is 1. The van der Waals surface area contributed by atoms with Crippen molar-refractivity contribution in [3.8, 4) is 34.4 Å². The van der Waals surface area contributed by atoms with E-state index in [4.69, 9.17) is 4.74 Å². The number of ether oxygens (including phenoxy) is 1. The molecule has 0 radical (unpaired) electrons. The smallest absolute Gasteiger partial charge is 0.340 e. The summed E-state index contributed by atoms with van der Waals surface area (Å²) in [6.07, 6.45) is 0. The highest BCUT2D eigenvalue weighted by Gasteiger charge is 2.23. The van der Waals surface area contributed by atoms with Crippen molar-refractivity contribution in [2.75, 3.05) is 5.32 Å². The lowest BCUT2D eigenvalue weighted by Crippen LogP contribution is -2.12. The fourth-order valence-corrected chi connectivity index (χ4v) is 4.71. The summed E-state index contributed by atoms with van der Waals surface area (Å²) in [6.45, 7) is 0.184. The van der Waals surface area contributed by atoms with Crippen molar-refractivity contribution < 1.29 is 14.5 Å². The molecule has 0 aliphatic rings. The van der Waals surface area contributed by atoms with E-state index in [1.807, 2.05) is 78.9 Å². The fraction of sp³-hybridized carbons (Fsp3) is 0.0571. The van der Waals surface area contributed by atoms with Crippen molar-refractivity contribution in [1.29, 1.82) is 10.5 Å². The van der Waals surface area contributed by atoms with Crippen molar-refractivity contribution in [1.82, 2.24) is 0 Å². The Hall–Kier alpha value is -6.25. The van der Waals surface area contributed by atoms with Gasteiger partial charge in [0.2, 0.25) is 0 Å². The zero-order chi connectivity index (χ0) is 30.2. The van der Waals surface area contributed by atoms with E-state index >= 15 is 0 Å². The number of hydrogen-bond donors (Lipinski definition) is 1. The molecule has 0 fully saturated rings. The van der Waals surface area contributed by atoms with Crippen molar-refractivity contribution in [3.05, 3.63) is 153 Å². The number of carbonyl (C=O) groups excluding carboxylic acids is 1. The van der Waals surface area contributed by atoms with Crippen molar-refractivity contribution in [2.24, 2.45) is 0 Å². The second-order valence-corrected chi connectivity index (χ2v) is 9.60. The summed E-state index contributed by atoms with van der Waals surface area (Å²) in [5.41, 5.74) is 5.92. The van der Waals surface area contributed by atoms with Crippen LogP contribution >= 0.6 is 0 Å². The van der Waals surface area contributed by atoms with E-state index in [1.165, 1.54) is 18.2 Å². The molecule has 1 N–H and O–H groups in total. The van der Waals surface area contributed by atoms with Gasteiger partial charge in [0.05, 0.1) is 33.8 Å². The molecule has 5 aromatic carbocycles. The van der Waals surface area contributed by atoms with E-state index in [1.54, 1.807) is 18.2 Å². The molecule has 0 heterocycles. The highest BCUT2D eigenvalue weighted by molar-refractivity contribution is 5.98. The van der Waals surface area contributed by atoms with E-state index in [2.05, 4.69) is 17.5 Å². The number of nitro benzene ring substituents is 1. The summed E-state index contributed by atoms with van der Waals surface area (Å²) in [5.74, 6) is -0.700. The minimum absolute atomic E-state index is 0.0349. The van der Waals surface area contributed by atoms with Gasteiger partial charge in [-0.2, -0.15) is 10.5 Å². The standard InChI is InChI=1S/C35H24N4O4/c36-20-28-6-1-3-8-30(28)26-16-12-24(13-17-26)22-38-34-32(10-5-11-33(34)39(41)42)35(40)43-23-25-14-18-27(19-15-25)31-9-4-2-7-29(31)21-37/h1-19,38H,22-23H2. The SMILES string of the molecule is N#Cc1ccccc1-c1ccc(CNc2c(C(=O)OCc3ccc(-c4ccccc4C#N)cc3)cccc2[N+](=O)[O-])cc1. The minimum Gasteiger partial charge on any atom is -0.457 e. The Labute approximate surface area is 248 Å². The first kappa shape index (κ1) is 28.3. The zero-order valence-electron chi connectivity index (χ0n) is 22.9. The second-order valence-electron chi connectivity index (χ2n) is 9.60. The third-order valence-corrected chi connectivity index (χ3v) is 6.92. The average molecular weight is 565 g/mol. The first-order valence-electron chi connectivity index (χ1n) is 13.3. The van der Waals surface area contributed by atoms with Crippen LogP contribution in [0.2, 0.25) is 0 Å². The third kappa shape index (κ3) is 6.40. The summed E-state index contributed by atoms with van der Waals surface area (Å²) in [6, 6.07) is 38.0. The van der Waals surface area contributed by atoms with Gasteiger partial charge in [-0.15, -0.1) is 0 Å². The van der Waals surface area contributed by atoms with Gasteiger partial charge in [0.15, 0.2) is 0 Å². The van der Waals surface area contributed by atoms with Crippen LogP contribution in [0.3, 0.4) is 0 Å². The lowest BCUT2D eigenvalue weighted by molar-refractivity contribution is -0.384. The predicted molar refractivity (Wildman–Crippen MR) is 163 cm³/mol. The topological polar surface area (TPSA) is 129 Å². The quantitative estimate of drug-likeness (QED) is 0.111. The van der Waals surface area contributed by atoms with E-state index in [0.29, 0.717) is 11.1 Å². The van der Waals surface area contributed by atoms with E-state index < -0.39 is 10.9 Å². The molecule has 0 aliphatic carbocycles. The molecule has 0 amide bonds.